The summed E-state index contributed by atoms with van der Waals surface area (Å²) in [4.78, 5) is 11.6. The Balaban J connectivity index is 4.30. The van der Waals surface area contributed by atoms with Gasteiger partial charge in [0.15, 0.2) is 5.78 Å². The highest BCUT2D eigenvalue weighted by molar-refractivity contribution is 5.87. The molecule has 0 aromatic rings. The normalized spacial score (nSPS) is 19.1. The molecule has 0 aliphatic heterocycles. The minimum atomic E-state index is -2.06. The summed E-state index contributed by atoms with van der Waals surface area (Å²) >= 11 is 0. The van der Waals surface area contributed by atoms with Crippen molar-refractivity contribution >= 4 is 5.78 Å². The van der Waals surface area contributed by atoms with Crippen LogP contribution >= 0.6 is 0 Å². The molecule has 0 saturated carbocycles. The zero-order chi connectivity index (χ0) is 15.7. The minimum Gasteiger partial charge on any atom is -0.396 e. The molecule has 20 heavy (non-hydrogen) atoms. The first-order valence-electron chi connectivity index (χ1n) is 6.52. The first-order chi connectivity index (χ1) is 9.36. The van der Waals surface area contributed by atoms with Crippen molar-refractivity contribution in [2.24, 2.45) is 0 Å². The second-order valence-electron chi connectivity index (χ2n) is 4.67. The van der Waals surface area contributed by atoms with E-state index in [1.165, 1.54) is 0 Å². The quantitative estimate of drug-likeness (QED) is 0.197. The van der Waals surface area contributed by atoms with Crippen LogP contribution < -0.4 is 0 Å². The van der Waals surface area contributed by atoms with Crippen molar-refractivity contribution in [2.75, 3.05) is 13.2 Å². The molecule has 0 fully saturated rings. The summed E-state index contributed by atoms with van der Waals surface area (Å²) in [5.41, 5.74) is 0. The molecular formula is C12H24O8. The van der Waals surface area contributed by atoms with Crippen LogP contribution in [0.15, 0.2) is 0 Å². The molecule has 0 rings (SSSR count). The molecule has 0 aliphatic rings. The van der Waals surface area contributed by atoms with Gasteiger partial charge in [0.1, 0.15) is 30.5 Å². The van der Waals surface area contributed by atoms with Crippen LogP contribution in [0.5, 0.6) is 0 Å². The van der Waals surface area contributed by atoms with Crippen molar-refractivity contribution in [1.82, 2.24) is 0 Å². The first-order valence-corrected chi connectivity index (χ1v) is 6.52. The minimum absolute atomic E-state index is 0.0105. The molecule has 0 aromatic heterocycles. The number of aliphatic hydroxyl groups is 7. The predicted octanol–water partition coefficient (Wildman–Crippen LogP) is -3.09. The Morgan fingerprint density at radius 2 is 1.45 bits per heavy atom. The second-order valence-corrected chi connectivity index (χ2v) is 4.67. The fourth-order valence-electron chi connectivity index (χ4n) is 1.66. The lowest BCUT2D eigenvalue weighted by molar-refractivity contribution is -0.154. The van der Waals surface area contributed by atoms with Crippen LogP contribution in [0.2, 0.25) is 0 Å². The molecule has 0 amide bonds. The van der Waals surface area contributed by atoms with E-state index in [1.54, 1.807) is 0 Å². The Labute approximate surface area is 116 Å². The number of unbranched alkanes of at least 4 members (excludes halogenated alkanes) is 2. The van der Waals surface area contributed by atoms with E-state index < -0.39 is 42.9 Å². The van der Waals surface area contributed by atoms with Gasteiger partial charge in [-0.2, -0.15) is 0 Å². The molecule has 0 aliphatic carbocycles. The Bertz CT molecular complexity index is 272. The summed E-state index contributed by atoms with van der Waals surface area (Å²) in [7, 11) is 0. The number of carbonyl (C=O) groups excluding carboxylic acids is 1. The molecule has 0 bridgehead atoms. The highest BCUT2D eigenvalue weighted by Crippen LogP contribution is 2.11. The highest BCUT2D eigenvalue weighted by Gasteiger charge is 2.36. The Morgan fingerprint density at radius 3 is 1.95 bits per heavy atom. The first kappa shape index (κ1) is 19.4. The molecular weight excluding hydrogens is 272 g/mol. The molecule has 8 heteroatoms. The molecule has 5 atom stereocenters. The van der Waals surface area contributed by atoms with Gasteiger partial charge in [-0.3, -0.25) is 4.79 Å². The third-order valence-corrected chi connectivity index (χ3v) is 3.01. The van der Waals surface area contributed by atoms with E-state index in [9.17, 15) is 25.2 Å². The molecule has 0 saturated heterocycles. The number of hydrogen-bond acceptors (Lipinski definition) is 8. The highest BCUT2D eigenvalue weighted by atomic mass is 16.4. The van der Waals surface area contributed by atoms with Crippen molar-refractivity contribution in [3.05, 3.63) is 0 Å². The monoisotopic (exact) mass is 296 g/mol. The average Bonchev–Trinajstić information content (AvgIpc) is 2.47. The average molecular weight is 296 g/mol. The van der Waals surface area contributed by atoms with Gasteiger partial charge in [-0.25, -0.2) is 0 Å². The third-order valence-electron chi connectivity index (χ3n) is 3.01. The SMILES string of the molecule is O=C(C(O)CCCCCO)[C@H](O)[C@@H](O)[C@H](O)[C@H](O)CO. The van der Waals surface area contributed by atoms with Gasteiger partial charge in [-0.1, -0.05) is 12.8 Å². The van der Waals surface area contributed by atoms with Gasteiger partial charge in [-0.15, -0.1) is 0 Å². The fraction of sp³-hybridized carbons (Fsp3) is 0.917. The van der Waals surface area contributed by atoms with Crippen LogP contribution in [0.3, 0.4) is 0 Å². The van der Waals surface area contributed by atoms with E-state index in [0.29, 0.717) is 19.3 Å². The smallest absolute Gasteiger partial charge is 0.192 e. The molecule has 8 nitrogen and oxygen atoms in total. The van der Waals surface area contributed by atoms with Crippen LogP contribution in [0, 0.1) is 0 Å². The zero-order valence-electron chi connectivity index (χ0n) is 11.2. The maximum atomic E-state index is 11.6. The van der Waals surface area contributed by atoms with E-state index in [-0.39, 0.29) is 13.0 Å². The van der Waals surface area contributed by atoms with Crippen molar-refractivity contribution in [3.63, 3.8) is 0 Å². The topological polar surface area (TPSA) is 159 Å². The molecule has 0 radical (unpaired) electrons. The Morgan fingerprint density at radius 1 is 0.850 bits per heavy atom. The lowest BCUT2D eigenvalue weighted by Crippen LogP contribution is -2.50. The van der Waals surface area contributed by atoms with E-state index in [2.05, 4.69) is 0 Å². The standard InChI is InChI=1S/C12H24O8/c13-5-3-1-2-4-7(15)9(17)11(19)12(20)10(18)8(16)6-14/h7-8,10-16,18-20H,1-6H2/t7?,8-,10-,11+,12+/m1/s1. The van der Waals surface area contributed by atoms with Gasteiger partial charge >= 0.3 is 0 Å². The van der Waals surface area contributed by atoms with E-state index in [1.807, 2.05) is 0 Å². The van der Waals surface area contributed by atoms with Crippen molar-refractivity contribution in [3.8, 4) is 0 Å². The Hall–Kier alpha value is -0.610. The van der Waals surface area contributed by atoms with Gasteiger partial charge in [0.2, 0.25) is 0 Å². The van der Waals surface area contributed by atoms with Crippen molar-refractivity contribution in [1.29, 1.82) is 0 Å². The molecule has 0 aromatic carbocycles. The van der Waals surface area contributed by atoms with Crippen molar-refractivity contribution < 1.29 is 40.5 Å². The van der Waals surface area contributed by atoms with Crippen LogP contribution in [0.4, 0.5) is 0 Å². The van der Waals surface area contributed by atoms with Gasteiger partial charge in [0, 0.05) is 6.61 Å². The molecule has 120 valence electrons. The van der Waals surface area contributed by atoms with Gasteiger partial charge in [-0.05, 0) is 12.8 Å². The maximum Gasteiger partial charge on any atom is 0.192 e. The van der Waals surface area contributed by atoms with Crippen LogP contribution in [0.1, 0.15) is 25.7 Å². The lowest BCUT2D eigenvalue weighted by Gasteiger charge is -2.26. The molecule has 7 N–H and O–H groups in total. The zero-order valence-corrected chi connectivity index (χ0v) is 11.2. The van der Waals surface area contributed by atoms with E-state index in [0.717, 1.165) is 0 Å². The molecule has 0 spiro atoms. The lowest BCUT2D eigenvalue weighted by atomic mass is 9.96. The number of Topliss-reactive ketones (excluding diaryl/α,β-unsaturated/α-hetero) is 1. The number of aliphatic hydroxyl groups excluding tert-OH is 7. The number of carbonyl (C=O) groups is 1. The summed E-state index contributed by atoms with van der Waals surface area (Å²) in [5.74, 6) is -1.06. The summed E-state index contributed by atoms with van der Waals surface area (Å²) in [5, 5.41) is 64.1. The van der Waals surface area contributed by atoms with Crippen molar-refractivity contribution in [2.45, 2.75) is 56.2 Å². The van der Waals surface area contributed by atoms with Gasteiger partial charge < -0.3 is 35.7 Å². The largest absolute Gasteiger partial charge is 0.396 e. The predicted molar refractivity (Wildman–Crippen MR) is 67.7 cm³/mol. The Kier molecular flexibility index (Phi) is 9.86. The molecule has 0 heterocycles. The summed E-state index contributed by atoms with van der Waals surface area (Å²) in [6.45, 7) is -0.834. The van der Waals surface area contributed by atoms with Crippen LogP contribution in [0.25, 0.3) is 0 Å². The van der Waals surface area contributed by atoms with Crippen LogP contribution in [-0.2, 0) is 4.79 Å². The number of hydrogen-bond donors (Lipinski definition) is 7. The third kappa shape index (κ3) is 6.23. The summed E-state index contributed by atoms with van der Waals surface area (Å²) in [6.07, 6.45) is -7.51. The van der Waals surface area contributed by atoms with E-state index >= 15 is 0 Å². The second kappa shape index (κ2) is 10.2. The van der Waals surface area contributed by atoms with Gasteiger partial charge in [0.25, 0.3) is 0 Å². The van der Waals surface area contributed by atoms with Gasteiger partial charge in [0.05, 0.1) is 6.61 Å². The summed E-state index contributed by atoms with van der Waals surface area (Å²) in [6, 6.07) is 0. The van der Waals surface area contributed by atoms with Crippen LogP contribution in [-0.4, -0.2) is 85.3 Å². The maximum absolute atomic E-state index is 11.6. The number of rotatable bonds is 11. The number of ketones is 1. The summed E-state index contributed by atoms with van der Waals surface area (Å²) < 4.78 is 0. The molecule has 1 unspecified atom stereocenters. The fourth-order valence-corrected chi connectivity index (χ4v) is 1.66. The van der Waals surface area contributed by atoms with E-state index in [4.69, 9.17) is 15.3 Å².